The SMILES string of the molecule is Cc1cn(CC2CCCO2)c(SCC(=O)O)n1. The van der Waals surface area contributed by atoms with Crippen LogP contribution in [-0.4, -0.2) is 39.1 Å². The lowest BCUT2D eigenvalue weighted by Crippen LogP contribution is -2.15. The minimum absolute atomic E-state index is 0.0436. The highest BCUT2D eigenvalue weighted by molar-refractivity contribution is 7.99. The maximum atomic E-state index is 10.6. The van der Waals surface area contributed by atoms with Gasteiger partial charge < -0.3 is 14.4 Å². The molecule has 17 heavy (non-hydrogen) atoms. The molecular weight excluding hydrogens is 240 g/mol. The molecule has 2 heterocycles. The molecule has 1 fully saturated rings. The molecule has 1 N–H and O–H groups in total. The summed E-state index contributed by atoms with van der Waals surface area (Å²) in [6.45, 7) is 3.51. The second kappa shape index (κ2) is 5.55. The van der Waals surface area contributed by atoms with Crippen molar-refractivity contribution in [2.75, 3.05) is 12.4 Å². The number of nitrogens with zero attached hydrogens (tertiary/aromatic N) is 2. The third-order valence-corrected chi connectivity index (χ3v) is 3.58. The Balaban J connectivity index is 2.01. The Morgan fingerprint density at radius 2 is 2.59 bits per heavy atom. The number of carboxylic acids is 1. The molecule has 1 aliphatic rings. The van der Waals surface area contributed by atoms with Crippen LogP contribution in [0.25, 0.3) is 0 Å². The van der Waals surface area contributed by atoms with Crippen LogP contribution in [0.3, 0.4) is 0 Å². The zero-order valence-electron chi connectivity index (χ0n) is 9.76. The van der Waals surface area contributed by atoms with Crippen molar-refractivity contribution >= 4 is 17.7 Å². The summed E-state index contributed by atoms with van der Waals surface area (Å²) in [4.78, 5) is 14.9. The van der Waals surface area contributed by atoms with Crippen LogP contribution in [0.5, 0.6) is 0 Å². The quantitative estimate of drug-likeness (QED) is 0.810. The molecule has 0 bridgehead atoms. The molecule has 1 unspecified atom stereocenters. The number of hydrogen-bond acceptors (Lipinski definition) is 4. The Labute approximate surface area is 104 Å². The topological polar surface area (TPSA) is 64.3 Å². The zero-order valence-corrected chi connectivity index (χ0v) is 10.6. The molecule has 1 atom stereocenters. The van der Waals surface area contributed by atoms with Crippen LogP contribution in [-0.2, 0) is 16.1 Å². The van der Waals surface area contributed by atoms with Gasteiger partial charge in [0, 0.05) is 12.8 Å². The molecule has 1 aromatic rings. The van der Waals surface area contributed by atoms with E-state index in [-0.39, 0.29) is 11.9 Å². The van der Waals surface area contributed by atoms with Crippen molar-refractivity contribution in [2.45, 2.75) is 37.6 Å². The highest BCUT2D eigenvalue weighted by Crippen LogP contribution is 2.21. The van der Waals surface area contributed by atoms with E-state index in [0.29, 0.717) is 0 Å². The maximum absolute atomic E-state index is 10.6. The molecule has 0 aliphatic carbocycles. The predicted octanol–water partition coefficient (Wildman–Crippen LogP) is 1.55. The molecule has 5 nitrogen and oxygen atoms in total. The van der Waals surface area contributed by atoms with Gasteiger partial charge in [-0.15, -0.1) is 0 Å². The van der Waals surface area contributed by atoms with Gasteiger partial charge >= 0.3 is 5.97 Å². The van der Waals surface area contributed by atoms with Crippen LogP contribution in [0.1, 0.15) is 18.5 Å². The van der Waals surface area contributed by atoms with Crippen molar-refractivity contribution in [1.29, 1.82) is 0 Å². The van der Waals surface area contributed by atoms with Gasteiger partial charge in [-0.3, -0.25) is 4.79 Å². The first-order chi connectivity index (χ1) is 8.15. The van der Waals surface area contributed by atoms with Crippen LogP contribution >= 0.6 is 11.8 Å². The van der Waals surface area contributed by atoms with Crippen molar-refractivity contribution in [1.82, 2.24) is 9.55 Å². The second-order valence-electron chi connectivity index (χ2n) is 4.13. The Bertz CT molecular complexity index is 399. The van der Waals surface area contributed by atoms with Crippen LogP contribution < -0.4 is 0 Å². The average Bonchev–Trinajstić information content (AvgIpc) is 2.86. The van der Waals surface area contributed by atoms with Crippen molar-refractivity contribution in [3.8, 4) is 0 Å². The van der Waals surface area contributed by atoms with E-state index in [1.165, 1.54) is 11.8 Å². The standard InChI is InChI=1S/C11H16N2O3S/c1-8-5-13(6-9-3-2-4-16-9)11(12-8)17-7-10(14)15/h5,9H,2-4,6-7H2,1H3,(H,14,15). The molecular formula is C11H16N2O3S. The van der Waals surface area contributed by atoms with Gasteiger partial charge in [0.2, 0.25) is 0 Å². The van der Waals surface area contributed by atoms with Gasteiger partial charge in [-0.1, -0.05) is 11.8 Å². The van der Waals surface area contributed by atoms with Crippen molar-refractivity contribution in [3.63, 3.8) is 0 Å². The van der Waals surface area contributed by atoms with Crippen LogP contribution in [0.15, 0.2) is 11.4 Å². The van der Waals surface area contributed by atoms with Gasteiger partial charge in [0.25, 0.3) is 0 Å². The van der Waals surface area contributed by atoms with E-state index < -0.39 is 5.97 Å². The fourth-order valence-corrected chi connectivity index (χ4v) is 2.66. The summed E-state index contributed by atoms with van der Waals surface area (Å²) in [6, 6.07) is 0. The number of aryl methyl sites for hydroxylation is 1. The van der Waals surface area contributed by atoms with Crippen LogP contribution in [0.2, 0.25) is 0 Å². The summed E-state index contributed by atoms with van der Waals surface area (Å²) in [5.41, 5.74) is 0.913. The molecule has 1 aliphatic heterocycles. The number of thioether (sulfide) groups is 1. The first kappa shape index (κ1) is 12.4. The van der Waals surface area contributed by atoms with Gasteiger partial charge in [-0.25, -0.2) is 4.98 Å². The molecule has 0 aromatic carbocycles. The van der Waals surface area contributed by atoms with E-state index in [4.69, 9.17) is 9.84 Å². The van der Waals surface area contributed by atoms with E-state index in [0.717, 1.165) is 36.8 Å². The zero-order chi connectivity index (χ0) is 12.3. The second-order valence-corrected chi connectivity index (χ2v) is 5.08. The number of rotatable bonds is 5. The van der Waals surface area contributed by atoms with Crippen molar-refractivity contribution < 1.29 is 14.6 Å². The molecule has 2 rings (SSSR count). The summed E-state index contributed by atoms with van der Waals surface area (Å²) < 4.78 is 7.57. The first-order valence-corrected chi connectivity index (χ1v) is 6.63. The minimum Gasteiger partial charge on any atom is -0.481 e. The fraction of sp³-hybridized carbons (Fsp3) is 0.636. The van der Waals surface area contributed by atoms with Crippen molar-refractivity contribution in [2.24, 2.45) is 0 Å². The third kappa shape index (κ3) is 3.47. The predicted molar refractivity (Wildman–Crippen MR) is 64.3 cm³/mol. The number of hydrogen-bond donors (Lipinski definition) is 1. The van der Waals surface area contributed by atoms with E-state index in [1.54, 1.807) is 0 Å². The molecule has 0 saturated carbocycles. The van der Waals surface area contributed by atoms with Crippen LogP contribution in [0, 0.1) is 6.92 Å². The molecule has 1 saturated heterocycles. The first-order valence-electron chi connectivity index (χ1n) is 5.65. The summed E-state index contributed by atoms with van der Waals surface area (Å²) in [6.07, 6.45) is 4.37. The summed E-state index contributed by atoms with van der Waals surface area (Å²) in [5.74, 6) is -0.776. The fourth-order valence-electron chi connectivity index (χ4n) is 1.90. The van der Waals surface area contributed by atoms with E-state index in [2.05, 4.69) is 4.98 Å². The monoisotopic (exact) mass is 256 g/mol. The lowest BCUT2D eigenvalue weighted by molar-refractivity contribution is -0.133. The van der Waals surface area contributed by atoms with E-state index >= 15 is 0 Å². The molecule has 1 aromatic heterocycles. The lowest BCUT2D eigenvalue weighted by atomic mass is 10.2. The van der Waals surface area contributed by atoms with E-state index in [9.17, 15) is 4.79 Å². The normalized spacial score (nSPS) is 19.7. The minimum atomic E-state index is -0.820. The Morgan fingerprint density at radius 3 is 3.24 bits per heavy atom. The number of carboxylic acid groups (broad SMARTS) is 1. The van der Waals surface area contributed by atoms with Gasteiger partial charge in [-0.05, 0) is 19.8 Å². The van der Waals surface area contributed by atoms with Gasteiger partial charge in [0.15, 0.2) is 5.16 Å². The number of aromatic nitrogens is 2. The molecule has 0 spiro atoms. The number of aliphatic carboxylic acids is 1. The largest absolute Gasteiger partial charge is 0.481 e. The Hall–Kier alpha value is -1.01. The summed E-state index contributed by atoms with van der Waals surface area (Å²) in [7, 11) is 0. The molecule has 6 heteroatoms. The van der Waals surface area contributed by atoms with Crippen molar-refractivity contribution in [3.05, 3.63) is 11.9 Å². The van der Waals surface area contributed by atoms with Gasteiger partial charge in [0.1, 0.15) is 0 Å². The van der Waals surface area contributed by atoms with Crippen LogP contribution in [0.4, 0.5) is 0 Å². The third-order valence-electron chi connectivity index (χ3n) is 2.61. The highest BCUT2D eigenvalue weighted by atomic mass is 32.2. The average molecular weight is 256 g/mol. The molecule has 0 amide bonds. The summed E-state index contributed by atoms with van der Waals surface area (Å²) in [5, 5.41) is 9.44. The molecule has 94 valence electrons. The molecule has 0 radical (unpaired) electrons. The highest BCUT2D eigenvalue weighted by Gasteiger charge is 2.18. The number of carbonyl (C=O) groups is 1. The Kier molecular flexibility index (Phi) is 4.06. The lowest BCUT2D eigenvalue weighted by Gasteiger charge is -2.11. The summed E-state index contributed by atoms with van der Waals surface area (Å²) >= 11 is 1.26. The smallest absolute Gasteiger partial charge is 0.313 e. The Morgan fingerprint density at radius 1 is 1.76 bits per heavy atom. The van der Waals surface area contributed by atoms with Gasteiger partial charge in [0.05, 0.1) is 24.1 Å². The van der Waals surface area contributed by atoms with E-state index in [1.807, 2.05) is 17.7 Å². The maximum Gasteiger partial charge on any atom is 0.313 e. The number of imidazole rings is 1. The van der Waals surface area contributed by atoms with Gasteiger partial charge in [-0.2, -0.15) is 0 Å². The number of ether oxygens (including phenoxy) is 1.